The van der Waals surface area contributed by atoms with Gasteiger partial charge in [-0.15, -0.1) is 11.3 Å². The fourth-order valence-corrected chi connectivity index (χ4v) is 3.17. The van der Waals surface area contributed by atoms with Crippen molar-refractivity contribution >= 4 is 23.2 Å². The van der Waals surface area contributed by atoms with Crippen molar-refractivity contribution in [2.45, 2.75) is 19.3 Å². The van der Waals surface area contributed by atoms with Crippen LogP contribution in [0.3, 0.4) is 0 Å². The molecular formula is C15H19N5OS. The van der Waals surface area contributed by atoms with E-state index in [9.17, 15) is 4.79 Å². The Bertz CT molecular complexity index is 589. The molecule has 0 aliphatic carbocycles. The fraction of sp³-hybridized carbons (Fsp3) is 0.467. The van der Waals surface area contributed by atoms with Gasteiger partial charge in [-0.05, 0) is 18.9 Å². The molecule has 0 saturated carbocycles. The summed E-state index contributed by atoms with van der Waals surface area (Å²) in [6, 6.07) is 1.82. The first-order chi connectivity index (χ1) is 10.8. The van der Waals surface area contributed by atoms with Crippen molar-refractivity contribution in [3.8, 4) is 0 Å². The predicted molar refractivity (Wildman–Crippen MR) is 85.9 cm³/mol. The average molecular weight is 317 g/mol. The number of thiazole rings is 1. The summed E-state index contributed by atoms with van der Waals surface area (Å²) in [6.45, 7) is 3.21. The lowest BCUT2D eigenvalue weighted by molar-refractivity contribution is -0.130. The van der Waals surface area contributed by atoms with Crippen LogP contribution in [0.15, 0.2) is 29.4 Å². The molecule has 0 bridgehead atoms. The van der Waals surface area contributed by atoms with Crippen LogP contribution in [0.4, 0.5) is 5.95 Å². The van der Waals surface area contributed by atoms with E-state index in [1.165, 1.54) is 0 Å². The topological polar surface area (TPSA) is 62.2 Å². The highest BCUT2D eigenvalue weighted by Crippen LogP contribution is 2.12. The van der Waals surface area contributed by atoms with E-state index in [1.807, 2.05) is 21.9 Å². The maximum Gasteiger partial charge on any atom is 0.225 e. The van der Waals surface area contributed by atoms with Crippen LogP contribution in [0.5, 0.6) is 0 Å². The van der Waals surface area contributed by atoms with Crippen LogP contribution in [0.1, 0.15) is 18.5 Å². The summed E-state index contributed by atoms with van der Waals surface area (Å²) in [6.07, 6.45) is 5.71. The first-order valence-electron chi connectivity index (χ1n) is 7.50. The maximum absolute atomic E-state index is 12.3. The van der Waals surface area contributed by atoms with Crippen molar-refractivity contribution in [3.05, 3.63) is 35.0 Å². The highest BCUT2D eigenvalue weighted by Gasteiger charge is 2.20. The summed E-state index contributed by atoms with van der Waals surface area (Å²) in [5.41, 5.74) is 2.82. The van der Waals surface area contributed by atoms with Gasteiger partial charge in [0.05, 0.1) is 11.2 Å². The summed E-state index contributed by atoms with van der Waals surface area (Å²) in [4.78, 5) is 29.2. The molecule has 7 heteroatoms. The Morgan fingerprint density at radius 2 is 2.00 bits per heavy atom. The number of amides is 1. The lowest BCUT2D eigenvalue weighted by Crippen LogP contribution is -2.35. The van der Waals surface area contributed by atoms with E-state index >= 15 is 0 Å². The van der Waals surface area contributed by atoms with Crippen LogP contribution in [-0.4, -0.2) is 51.9 Å². The molecule has 1 saturated heterocycles. The van der Waals surface area contributed by atoms with E-state index in [2.05, 4.69) is 19.9 Å². The number of carbonyl (C=O) groups excluding carboxylic acids is 1. The number of rotatable bonds is 4. The lowest BCUT2D eigenvalue weighted by atomic mass is 10.2. The maximum atomic E-state index is 12.3. The Kier molecular flexibility index (Phi) is 4.95. The summed E-state index contributed by atoms with van der Waals surface area (Å²) >= 11 is 1.57. The zero-order valence-electron chi connectivity index (χ0n) is 12.4. The number of carbonyl (C=O) groups is 1. The molecular weight excluding hydrogens is 298 g/mol. The smallest absolute Gasteiger partial charge is 0.225 e. The zero-order chi connectivity index (χ0) is 15.2. The monoisotopic (exact) mass is 317 g/mol. The summed E-state index contributed by atoms with van der Waals surface area (Å²) in [5, 5.41) is 2.00. The van der Waals surface area contributed by atoms with Gasteiger partial charge in [0, 0.05) is 50.4 Å². The summed E-state index contributed by atoms with van der Waals surface area (Å²) < 4.78 is 0. The van der Waals surface area contributed by atoms with Gasteiger partial charge in [-0.3, -0.25) is 4.79 Å². The molecule has 2 aromatic rings. The van der Waals surface area contributed by atoms with E-state index in [1.54, 1.807) is 23.7 Å². The van der Waals surface area contributed by atoms with Gasteiger partial charge in [0.2, 0.25) is 11.9 Å². The molecule has 0 aromatic carbocycles. The second-order valence-electron chi connectivity index (χ2n) is 5.25. The molecule has 3 rings (SSSR count). The molecule has 2 aromatic heterocycles. The van der Waals surface area contributed by atoms with Crippen LogP contribution in [0.25, 0.3) is 0 Å². The van der Waals surface area contributed by atoms with Crippen molar-refractivity contribution in [1.82, 2.24) is 19.9 Å². The van der Waals surface area contributed by atoms with Crippen LogP contribution in [0.2, 0.25) is 0 Å². The van der Waals surface area contributed by atoms with Crippen molar-refractivity contribution in [2.24, 2.45) is 0 Å². The highest BCUT2D eigenvalue weighted by atomic mass is 32.1. The van der Waals surface area contributed by atoms with Gasteiger partial charge < -0.3 is 9.80 Å². The molecule has 1 amide bonds. The molecule has 0 atom stereocenters. The lowest BCUT2D eigenvalue weighted by Gasteiger charge is -2.22. The van der Waals surface area contributed by atoms with Gasteiger partial charge in [-0.1, -0.05) is 0 Å². The summed E-state index contributed by atoms with van der Waals surface area (Å²) in [7, 11) is 0. The first-order valence-corrected chi connectivity index (χ1v) is 8.44. The molecule has 0 radical (unpaired) electrons. The van der Waals surface area contributed by atoms with Gasteiger partial charge in [-0.25, -0.2) is 15.0 Å². The van der Waals surface area contributed by atoms with Crippen molar-refractivity contribution in [2.75, 3.05) is 31.1 Å². The van der Waals surface area contributed by atoms with Crippen LogP contribution >= 0.6 is 11.3 Å². The minimum Gasteiger partial charge on any atom is -0.341 e. The van der Waals surface area contributed by atoms with E-state index in [0.29, 0.717) is 6.42 Å². The van der Waals surface area contributed by atoms with Gasteiger partial charge >= 0.3 is 0 Å². The quantitative estimate of drug-likeness (QED) is 0.857. The SMILES string of the molecule is O=C(CCc1cscn1)N1CCCN(c2ncccn2)CC1. The van der Waals surface area contributed by atoms with Crippen LogP contribution in [0, 0.1) is 0 Å². The number of aryl methyl sites for hydroxylation is 1. The Labute approximate surface area is 133 Å². The predicted octanol–water partition coefficient (Wildman–Crippen LogP) is 1.60. The molecule has 0 unspecified atom stereocenters. The van der Waals surface area contributed by atoms with Crippen molar-refractivity contribution < 1.29 is 4.79 Å². The van der Waals surface area contributed by atoms with Gasteiger partial charge in [-0.2, -0.15) is 0 Å². The normalized spacial score (nSPS) is 15.6. The Morgan fingerprint density at radius 3 is 2.77 bits per heavy atom. The molecule has 0 N–H and O–H groups in total. The van der Waals surface area contributed by atoms with Crippen LogP contribution in [-0.2, 0) is 11.2 Å². The molecule has 0 spiro atoms. The summed E-state index contributed by atoms with van der Waals surface area (Å²) in [5.74, 6) is 0.961. The van der Waals surface area contributed by atoms with Gasteiger partial charge in [0.15, 0.2) is 0 Å². The standard InChI is InChI=1S/C15H19N5OS/c21-14(4-3-13-11-22-12-18-13)19-7-2-8-20(10-9-19)15-16-5-1-6-17-15/h1,5-6,11-12H,2-4,7-10H2. The largest absolute Gasteiger partial charge is 0.341 e. The van der Waals surface area contributed by atoms with E-state index < -0.39 is 0 Å². The molecule has 1 aliphatic heterocycles. The van der Waals surface area contributed by atoms with E-state index in [-0.39, 0.29) is 5.91 Å². The fourth-order valence-electron chi connectivity index (χ4n) is 2.58. The molecule has 116 valence electrons. The Balaban J connectivity index is 1.52. The third kappa shape index (κ3) is 3.79. The van der Waals surface area contributed by atoms with Gasteiger partial charge in [0.1, 0.15) is 0 Å². The number of anilines is 1. The third-order valence-corrected chi connectivity index (χ3v) is 4.40. The van der Waals surface area contributed by atoms with E-state index in [0.717, 1.165) is 50.7 Å². The van der Waals surface area contributed by atoms with Crippen molar-refractivity contribution in [1.29, 1.82) is 0 Å². The molecule has 22 heavy (non-hydrogen) atoms. The highest BCUT2D eigenvalue weighted by molar-refractivity contribution is 7.07. The zero-order valence-corrected chi connectivity index (χ0v) is 13.2. The number of nitrogens with zero attached hydrogens (tertiary/aromatic N) is 5. The third-order valence-electron chi connectivity index (χ3n) is 3.76. The second-order valence-corrected chi connectivity index (χ2v) is 5.97. The number of aromatic nitrogens is 3. The Morgan fingerprint density at radius 1 is 1.14 bits per heavy atom. The second kappa shape index (κ2) is 7.31. The Hall–Kier alpha value is -2.02. The molecule has 1 fully saturated rings. The molecule has 1 aliphatic rings. The minimum absolute atomic E-state index is 0.212. The first kappa shape index (κ1) is 14.9. The average Bonchev–Trinajstić information content (AvgIpc) is 2.96. The van der Waals surface area contributed by atoms with Gasteiger partial charge in [0.25, 0.3) is 0 Å². The number of hydrogen-bond acceptors (Lipinski definition) is 6. The van der Waals surface area contributed by atoms with E-state index in [4.69, 9.17) is 0 Å². The minimum atomic E-state index is 0.212. The molecule has 3 heterocycles. The van der Waals surface area contributed by atoms with Crippen molar-refractivity contribution in [3.63, 3.8) is 0 Å². The van der Waals surface area contributed by atoms with Crippen LogP contribution < -0.4 is 4.90 Å². The molecule has 6 nitrogen and oxygen atoms in total. The number of hydrogen-bond donors (Lipinski definition) is 0.